The predicted molar refractivity (Wildman–Crippen MR) is 128 cm³/mol. The van der Waals surface area contributed by atoms with Crippen LogP contribution in [0.5, 0.6) is 5.75 Å². The highest BCUT2D eigenvalue weighted by molar-refractivity contribution is 8.18. The van der Waals surface area contributed by atoms with E-state index < -0.39 is 0 Å². The number of halogens is 1. The molecule has 8 heteroatoms. The maximum atomic E-state index is 6.51. The number of aryl methyl sites for hydroxylation is 1. The van der Waals surface area contributed by atoms with Crippen LogP contribution in [0.3, 0.4) is 0 Å². The number of thioether (sulfide) groups is 2. The molecule has 4 aromatic rings. The molecular formula is C23H19ClN4OS2. The van der Waals surface area contributed by atoms with E-state index in [1.54, 1.807) is 30.5 Å². The van der Waals surface area contributed by atoms with Crippen LogP contribution in [0, 0.1) is 6.92 Å². The van der Waals surface area contributed by atoms with Crippen molar-refractivity contribution in [1.82, 2.24) is 19.5 Å². The molecule has 0 fully saturated rings. The van der Waals surface area contributed by atoms with E-state index in [2.05, 4.69) is 33.6 Å². The number of benzene rings is 1. The molecule has 31 heavy (non-hydrogen) atoms. The third-order valence-electron chi connectivity index (χ3n) is 4.94. The summed E-state index contributed by atoms with van der Waals surface area (Å²) in [5, 5.41) is 3.77. The Balaban J connectivity index is 1.47. The lowest BCUT2D eigenvalue weighted by atomic mass is 10.1. The first-order valence-corrected chi connectivity index (χ1v) is 12.0. The maximum absolute atomic E-state index is 6.51. The Morgan fingerprint density at radius 3 is 3.03 bits per heavy atom. The molecule has 0 amide bonds. The minimum atomic E-state index is 0.351. The highest BCUT2D eigenvalue weighted by Crippen LogP contribution is 2.40. The van der Waals surface area contributed by atoms with Crippen molar-refractivity contribution in [2.24, 2.45) is 0 Å². The van der Waals surface area contributed by atoms with Gasteiger partial charge in [-0.1, -0.05) is 29.8 Å². The fourth-order valence-electron chi connectivity index (χ4n) is 3.48. The molecule has 3 aromatic heterocycles. The lowest BCUT2D eigenvalue weighted by Crippen LogP contribution is -2.03. The molecule has 1 unspecified atom stereocenters. The topological polar surface area (TPSA) is 52.8 Å². The van der Waals surface area contributed by atoms with Crippen molar-refractivity contribution in [3.05, 3.63) is 83.1 Å². The Bertz CT molecular complexity index is 1250. The third kappa shape index (κ3) is 4.31. The summed E-state index contributed by atoms with van der Waals surface area (Å²) in [7, 11) is 0. The van der Waals surface area contributed by atoms with Gasteiger partial charge in [-0.15, -0.1) is 23.5 Å². The van der Waals surface area contributed by atoms with Gasteiger partial charge in [0.25, 0.3) is 0 Å². The summed E-state index contributed by atoms with van der Waals surface area (Å²) in [6.07, 6.45) is 12.3. The first kappa shape index (κ1) is 20.4. The van der Waals surface area contributed by atoms with Crippen LogP contribution in [0.15, 0.2) is 71.8 Å². The highest BCUT2D eigenvalue weighted by Gasteiger charge is 2.18. The minimum absolute atomic E-state index is 0.351. The Morgan fingerprint density at radius 2 is 2.23 bits per heavy atom. The molecule has 0 radical (unpaired) electrons. The van der Waals surface area contributed by atoms with Gasteiger partial charge in [0.15, 0.2) is 0 Å². The van der Waals surface area contributed by atoms with Crippen molar-refractivity contribution in [3.8, 4) is 11.4 Å². The van der Waals surface area contributed by atoms with Crippen molar-refractivity contribution in [1.29, 1.82) is 0 Å². The van der Waals surface area contributed by atoms with E-state index in [0.717, 1.165) is 44.9 Å². The molecule has 0 spiro atoms. The van der Waals surface area contributed by atoms with E-state index in [4.69, 9.17) is 21.3 Å². The number of rotatable bonds is 6. The van der Waals surface area contributed by atoms with E-state index in [-0.39, 0.29) is 0 Å². The Kier molecular flexibility index (Phi) is 5.89. The first-order valence-electron chi connectivity index (χ1n) is 9.80. The van der Waals surface area contributed by atoms with Gasteiger partial charge < -0.3 is 9.30 Å². The van der Waals surface area contributed by atoms with Gasteiger partial charge in [-0.25, -0.2) is 9.97 Å². The molecule has 1 atom stereocenters. The number of allylic oxidation sites excluding steroid dienone is 1. The molecule has 5 nitrogen and oxygen atoms in total. The van der Waals surface area contributed by atoms with Crippen LogP contribution in [-0.2, 0) is 6.61 Å². The molecule has 1 aliphatic heterocycles. The zero-order chi connectivity index (χ0) is 21.2. The van der Waals surface area contributed by atoms with E-state index in [0.29, 0.717) is 16.2 Å². The van der Waals surface area contributed by atoms with Gasteiger partial charge in [-0.05, 0) is 30.9 Å². The fourth-order valence-corrected chi connectivity index (χ4v) is 6.02. The van der Waals surface area contributed by atoms with E-state index in [1.807, 2.05) is 47.8 Å². The summed E-state index contributed by atoms with van der Waals surface area (Å²) in [5.41, 5.74) is 3.71. The quantitative estimate of drug-likeness (QED) is 0.326. The molecular weight excluding hydrogens is 448 g/mol. The van der Waals surface area contributed by atoms with Gasteiger partial charge in [0.2, 0.25) is 0 Å². The van der Waals surface area contributed by atoms with Gasteiger partial charge in [-0.3, -0.25) is 4.98 Å². The molecule has 156 valence electrons. The minimum Gasteiger partial charge on any atom is -0.487 e. The largest absolute Gasteiger partial charge is 0.487 e. The number of hydrogen-bond acceptors (Lipinski definition) is 6. The summed E-state index contributed by atoms with van der Waals surface area (Å²) in [6, 6.07) is 8.04. The average Bonchev–Trinajstić information content (AvgIpc) is 3.47. The summed E-state index contributed by atoms with van der Waals surface area (Å²) in [5.74, 6) is 0.725. The van der Waals surface area contributed by atoms with Crippen molar-refractivity contribution in [2.75, 3.05) is 0 Å². The summed E-state index contributed by atoms with van der Waals surface area (Å²) in [6.45, 7) is 2.34. The van der Waals surface area contributed by atoms with Crippen LogP contribution in [0.4, 0.5) is 0 Å². The second-order valence-electron chi connectivity index (χ2n) is 7.08. The zero-order valence-corrected chi connectivity index (χ0v) is 19.1. The van der Waals surface area contributed by atoms with Crippen molar-refractivity contribution in [2.45, 2.75) is 29.4 Å². The average molecular weight is 467 g/mol. The molecule has 0 saturated heterocycles. The van der Waals surface area contributed by atoms with Gasteiger partial charge >= 0.3 is 0 Å². The molecule has 5 rings (SSSR count). The first-order chi connectivity index (χ1) is 15.2. The van der Waals surface area contributed by atoms with Gasteiger partial charge in [0.1, 0.15) is 17.9 Å². The Morgan fingerprint density at radius 1 is 1.29 bits per heavy atom. The number of aromatic nitrogens is 4. The van der Waals surface area contributed by atoms with Crippen LogP contribution in [0.1, 0.15) is 17.7 Å². The highest BCUT2D eigenvalue weighted by atomic mass is 35.5. The molecule has 1 aliphatic rings. The van der Waals surface area contributed by atoms with E-state index in [9.17, 15) is 0 Å². The SMILES string of the molecule is Cc1cc(-n2ccnc2)c2cccc(OCc3c(Cl)cncc3SC3CC=CS3)c2n1. The van der Waals surface area contributed by atoms with Gasteiger partial charge in [-0.2, -0.15) is 0 Å². The van der Waals surface area contributed by atoms with Crippen LogP contribution in [-0.4, -0.2) is 24.1 Å². The predicted octanol–water partition coefficient (Wildman–Crippen LogP) is 6.43. The number of imidazole rings is 1. The van der Waals surface area contributed by atoms with Gasteiger partial charge in [0.05, 0.1) is 21.6 Å². The Hall–Kier alpha value is -2.48. The monoisotopic (exact) mass is 466 g/mol. The molecule has 0 bridgehead atoms. The van der Waals surface area contributed by atoms with Gasteiger partial charge in [0, 0.05) is 46.3 Å². The Labute approximate surface area is 193 Å². The van der Waals surface area contributed by atoms with Crippen molar-refractivity contribution < 1.29 is 4.74 Å². The number of nitrogens with zero attached hydrogens (tertiary/aromatic N) is 4. The summed E-state index contributed by atoms with van der Waals surface area (Å²) >= 11 is 10.1. The third-order valence-corrected chi connectivity index (χ3v) is 7.80. The number of ether oxygens (including phenoxy) is 1. The number of hydrogen-bond donors (Lipinski definition) is 0. The molecule has 1 aromatic carbocycles. The van der Waals surface area contributed by atoms with Crippen LogP contribution < -0.4 is 4.74 Å². The van der Waals surface area contributed by atoms with Crippen molar-refractivity contribution in [3.63, 3.8) is 0 Å². The van der Waals surface area contributed by atoms with Crippen LogP contribution in [0.2, 0.25) is 5.02 Å². The summed E-state index contributed by atoms with van der Waals surface area (Å²) in [4.78, 5) is 14.3. The maximum Gasteiger partial charge on any atom is 0.146 e. The van der Waals surface area contributed by atoms with E-state index in [1.165, 1.54) is 0 Å². The molecule has 4 heterocycles. The molecule has 0 aliphatic carbocycles. The van der Waals surface area contributed by atoms with E-state index >= 15 is 0 Å². The standard InChI is InChI=1S/C23H19ClN4OS2/c1-15-10-19(28-8-7-25-14-28)16-4-2-5-20(23(16)27-15)29-13-17-18(24)11-26-12-21(17)31-22-6-3-9-30-22/h2-5,7-12,14,22H,6,13H2,1H3. The fraction of sp³-hybridized carbons (Fsp3) is 0.174. The number of pyridine rings is 2. The van der Waals surface area contributed by atoms with Crippen LogP contribution >= 0.6 is 35.1 Å². The number of fused-ring (bicyclic) bond motifs is 1. The normalized spacial score (nSPS) is 15.6. The molecule has 0 saturated carbocycles. The lowest BCUT2D eigenvalue weighted by Gasteiger charge is -2.16. The van der Waals surface area contributed by atoms with Crippen LogP contribution in [0.25, 0.3) is 16.6 Å². The second kappa shape index (κ2) is 8.94. The number of para-hydroxylation sites is 1. The molecule has 0 N–H and O–H groups in total. The smallest absolute Gasteiger partial charge is 0.146 e. The zero-order valence-electron chi connectivity index (χ0n) is 16.7. The second-order valence-corrected chi connectivity index (χ2v) is 10.1. The lowest BCUT2D eigenvalue weighted by molar-refractivity contribution is 0.306. The van der Waals surface area contributed by atoms with Crippen molar-refractivity contribution >= 4 is 46.0 Å². The summed E-state index contributed by atoms with van der Waals surface area (Å²) < 4.78 is 8.72.